The molecule has 0 bridgehead atoms. The van der Waals surface area contributed by atoms with E-state index in [1.54, 1.807) is 28.0 Å². The van der Waals surface area contributed by atoms with E-state index in [1.165, 1.54) is 5.56 Å². The molecule has 0 saturated heterocycles. The summed E-state index contributed by atoms with van der Waals surface area (Å²) in [4.78, 5) is 12.1. The van der Waals surface area contributed by atoms with Gasteiger partial charge in [0.2, 0.25) is 5.91 Å². The Balaban J connectivity index is 1.50. The molecule has 0 saturated carbocycles. The molecular weight excluding hydrogens is 366 g/mol. The van der Waals surface area contributed by atoms with E-state index in [2.05, 4.69) is 21.6 Å². The first-order valence-corrected chi connectivity index (χ1v) is 9.00. The van der Waals surface area contributed by atoms with Gasteiger partial charge in [-0.05, 0) is 32.4 Å². The maximum atomic E-state index is 12.1. The average molecular weight is 388 g/mol. The van der Waals surface area contributed by atoms with Crippen molar-refractivity contribution in [3.63, 3.8) is 0 Å². The fourth-order valence-electron chi connectivity index (χ4n) is 2.68. The van der Waals surface area contributed by atoms with Crippen LogP contribution in [0.3, 0.4) is 0 Å². The van der Waals surface area contributed by atoms with Gasteiger partial charge in [-0.2, -0.15) is 10.2 Å². The lowest BCUT2D eigenvalue weighted by molar-refractivity contribution is -0.116. The number of nitrogens with zero attached hydrogens (tertiary/aromatic N) is 4. The fourth-order valence-corrected chi connectivity index (χ4v) is 2.82. The quantitative estimate of drug-likeness (QED) is 0.670. The van der Waals surface area contributed by atoms with E-state index in [9.17, 15) is 4.79 Å². The van der Waals surface area contributed by atoms with Gasteiger partial charge in [0.1, 0.15) is 5.75 Å². The number of carbonyl (C=O) groups excluding carboxylic acids is 1. The molecule has 0 aliphatic heterocycles. The van der Waals surface area contributed by atoms with Gasteiger partial charge >= 0.3 is 0 Å². The Morgan fingerprint density at radius 3 is 2.74 bits per heavy atom. The molecule has 142 valence electrons. The topological polar surface area (TPSA) is 74.0 Å². The van der Waals surface area contributed by atoms with Crippen LogP contribution < -0.4 is 10.1 Å². The fraction of sp³-hybridized carbons (Fsp3) is 0.316. The van der Waals surface area contributed by atoms with Gasteiger partial charge in [0.15, 0.2) is 6.73 Å². The molecule has 2 heterocycles. The maximum Gasteiger partial charge on any atom is 0.226 e. The predicted octanol–water partition coefficient (Wildman–Crippen LogP) is 3.72. The molecule has 0 unspecified atom stereocenters. The molecule has 0 radical (unpaired) electrons. The molecule has 1 aromatic carbocycles. The number of ether oxygens (including phenoxy) is 1. The van der Waals surface area contributed by atoms with Crippen molar-refractivity contribution in [3.8, 4) is 5.75 Å². The van der Waals surface area contributed by atoms with Crippen LogP contribution in [0.5, 0.6) is 5.75 Å². The normalized spacial score (nSPS) is 10.8. The van der Waals surface area contributed by atoms with Gasteiger partial charge in [-0.15, -0.1) is 0 Å². The van der Waals surface area contributed by atoms with E-state index < -0.39 is 0 Å². The van der Waals surface area contributed by atoms with Gasteiger partial charge in [-0.1, -0.05) is 29.3 Å². The van der Waals surface area contributed by atoms with Gasteiger partial charge in [-0.25, -0.2) is 4.68 Å². The largest absolute Gasteiger partial charge is 0.471 e. The SMILES string of the molecule is Cc1ccc(OCn2cc(NC(=O)CCn3ncc(Cl)c3C)cn2)c(C)c1. The highest BCUT2D eigenvalue weighted by Gasteiger charge is 2.09. The number of hydrogen-bond acceptors (Lipinski definition) is 4. The molecule has 27 heavy (non-hydrogen) atoms. The van der Waals surface area contributed by atoms with Crippen molar-refractivity contribution in [1.29, 1.82) is 0 Å². The first-order chi connectivity index (χ1) is 12.9. The Kier molecular flexibility index (Phi) is 5.81. The van der Waals surface area contributed by atoms with Gasteiger partial charge in [-0.3, -0.25) is 9.48 Å². The first kappa shape index (κ1) is 19.0. The number of benzene rings is 1. The molecule has 0 atom stereocenters. The zero-order valence-electron chi connectivity index (χ0n) is 15.6. The molecule has 0 spiro atoms. The number of aryl methyl sites for hydroxylation is 3. The minimum Gasteiger partial charge on any atom is -0.471 e. The average Bonchev–Trinajstić information content (AvgIpc) is 3.20. The number of amides is 1. The summed E-state index contributed by atoms with van der Waals surface area (Å²) in [5, 5.41) is 11.8. The lowest BCUT2D eigenvalue weighted by atomic mass is 10.1. The summed E-state index contributed by atoms with van der Waals surface area (Å²) in [5.41, 5.74) is 3.74. The van der Waals surface area contributed by atoms with Crippen LogP contribution in [-0.2, 0) is 18.1 Å². The van der Waals surface area contributed by atoms with Crippen molar-refractivity contribution < 1.29 is 9.53 Å². The van der Waals surface area contributed by atoms with E-state index in [0.29, 0.717) is 23.7 Å². The molecule has 0 aliphatic carbocycles. The van der Waals surface area contributed by atoms with Crippen LogP contribution in [0, 0.1) is 20.8 Å². The molecule has 1 N–H and O–H groups in total. The molecule has 0 aliphatic rings. The lowest BCUT2D eigenvalue weighted by Crippen LogP contribution is -2.15. The predicted molar refractivity (Wildman–Crippen MR) is 104 cm³/mol. The third-order valence-corrected chi connectivity index (χ3v) is 4.56. The Labute approximate surface area is 162 Å². The minimum absolute atomic E-state index is 0.115. The third-order valence-electron chi connectivity index (χ3n) is 4.19. The molecule has 3 rings (SSSR count). The van der Waals surface area contributed by atoms with Crippen LogP contribution in [-0.4, -0.2) is 25.5 Å². The second kappa shape index (κ2) is 8.26. The van der Waals surface area contributed by atoms with Crippen molar-refractivity contribution in [2.24, 2.45) is 0 Å². The number of carbonyl (C=O) groups is 1. The highest BCUT2D eigenvalue weighted by molar-refractivity contribution is 6.31. The van der Waals surface area contributed by atoms with Crippen LogP contribution >= 0.6 is 11.6 Å². The summed E-state index contributed by atoms with van der Waals surface area (Å²) in [7, 11) is 0. The monoisotopic (exact) mass is 387 g/mol. The summed E-state index contributed by atoms with van der Waals surface area (Å²) >= 11 is 5.96. The number of halogens is 1. The van der Waals surface area contributed by atoms with Gasteiger partial charge in [0.05, 0.1) is 41.5 Å². The Bertz CT molecular complexity index is 947. The van der Waals surface area contributed by atoms with Crippen molar-refractivity contribution in [3.05, 3.63) is 58.6 Å². The van der Waals surface area contributed by atoms with E-state index in [4.69, 9.17) is 16.3 Å². The van der Waals surface area contributed by atoms with Gasteiger partial charge in [0, 0.05) is 6.42 Å². The number of nitrogens with one attached hydrogen (secondary N) is 1. The summed E-state index contributed by atoms with van der Waals surface area (Å²) in [6.45, 7) is 6.65. The standard InChI is InChI=1S/C19H22ClN5O2/c1-13-4-5-18(14(2)8-13)27-12-24-11-16(9-21-24)23-19(26)6-7-25-15(3)17(20)10-22-25/h4-5,8-11H,6-7,12H2,1-3H3,(H,23,26). The second-order valence-corrected chi connectivity index (χ2v) is 6.82. The number of anilines is 1. The number of aromatic nitrogens is 4. The summed E-state index contributed by atoms with van der Waals surface area (Å²) < 4.78 is 9.12. The molecule has 7 nitrogen and oxygen atoms in total. The third kappa shape index (κ3) is 4.89. The molecule has 2 aromatic heterocycles. The first-order valence-electron chi connectivity index (χ1n) is 8.62. The van der Waals surface area contributed by atoms with Crippen LogP contribution in [0.25, 0.3) is 0 Å². The van der Waals surface area contributed by atoms with Crippen molar-refractivity contribution >= 4 is 23.2 Å². The zero-order chi connectivity index (χ0) is 19.4. The summed E-state index contributed by atoms with van der Waals surface area (Å²) in [5.74, 6) is 0.700. The zero-order valence-corrected chi connectivity index (χ0v) is 16.3. The van der Waals surface area contributed by atoms with Crippen molar-refractivity contribution in [1.82, 2.24) is 19.6 Å². The van der Waals surface area contributed by atoms with Crippen LogP contribution in [0.1, 0.15) is 23.2 Å². The van der Waals surface area contributed by atoms with E-state index in [1.807, 2.05) is 32.9 Å². The van der Waals surface area contributed by atoms with Gasteiger partial charge in [0.25, 0.3) is 0 Å². The van der Waals surface area contributed by atoms with Gasteiger partial charge < -0.3 is 10.1 Å². The lowest BCUT2D eigenvalue weighted by Gasteiger charge is -2.09. The highest BCUT2D eigenvalue weighted by atomic mass is 35.5. The Hall–Kier alpha value is -2.80. The van der Waals surface area contributed by atoms with Crippen LogP contribution in [0.15, 0.2) is 36.8 Å². The van der Waals surface area contributed by atoms with Crippen molar-refractivity contribution in [2.45, 2.75) is 40.5 Å². The molecule has 1 amide bonds. The Morgan fingerprint density at radius 1 is 1.22 bits per heavy atom. The highest BCUT2D eigenvalue weighted by Crippen LogP contribution is 2.19. The van der Waals surface area contributed by atoms with E-state index >= 15 is 0 Å². The smallest absolute Gasteiger partial charge is 0.226 e. The maximum absolute atomic E-state index is 12.1. The van der Waals surface area contributed by atoms with Crippen LogP contribution in [0.4, 0.5) is 5.69 Å². The van der Waals surface area contributed by atoms with E-state index in [0.717, 1.165) is 17.0 Å². The number of hydrogen-bond donors (Lipinski definition) is 1. The number of rotatable bonds is 7. The molecule has 0 fully saturated rings. The van der Waals surface area contributed by atoms with Crippen LogP contribution in [0.2, 0.25) is 5.02 Å². The second-order valence-electron chi connectivity index (χ2n) is 6.41. The molecular formula is C19H22ClN5O2. The summed E-state index contributed by atoms with van der Waals surface area (Å²) in [6.07, 6.45) is 5.20. The van der Waals surface area contributed by atoms with Crippen molar-refractivity contribution in [2.75, 3.05) is 5.32 Å². The molecule has 3 aromatic rings. The summed E-state index contributed by atoms with van der Waals surface area (Å²) in [6, 6.07) is 6.02. The Morgan fingerprint density at radius 2 is 2.04 bits per heavy atom. The van der Waals surface area contributed by atoms with E-state index in [-0.39, 0.29) is 12.6 Å². The molecule has 8 heteroatoms. The minimum atomic E-state index is -0.115.